The first-order valence-electron chi connectivity index (χ1n) is 5.47. The molecule has 3 nitrogen and oxygen atoms in total. The molecule has 0 saturated heterocycles. The second-order valence-corrected chi connectivity index (χ2v) is 5.05. The quantitative estimate of drug-likeness (QED) is 0.857. The lowest BCUT2D eigenvalue weighted by atomic mass is 9.92. The Bertz CT molecular complexity index is 317. The molecule has 0 aromatic carbocycles. The number of aromatic nitrogens is 1. The minimum absolute atomic E-state index is 0.122. The molecule has 1 heterocycles. The number of hydrogen-bond donors (Lipinski definition) is 1. The van der Waals surface area contributed by atoms with Crippen LogP contribution in [0.25, 0.3) is 0 Å². The molecule has 1 amide bonds. The van der Waals surface area contributed by atoms with Gasteiger partial charge in [-0.1, -0.05) is 19.8 Å². The first-order chi connectivity index (χ1) is 7.27. The summed E-state index contributed by atoms with van der Waals surface area (Å²) in [5.41, 5.74) is 0. The summed E-state index contributed by atoms with van der Waals surface area (Å²) in [6, 6.07) is 0. The number of thiazole rings is 1. The molecule has 1 fully saturated rings. The molecule has 4 heteroatoms. The van der Waals surface area contributed by atoms with Gasteiger partial charge in [-0.25, -0.2) is 4.98 Å². The smallest absolute Gasteiger partial charge is 0.229 e. The van der Waals surface area contributed by atoms with Gasteiger partial charge in [-0.2, -0.15) is 0 Å². The van der Waals surface area contributed by atoms with Gasteiger partial charge in [-0.3, -0.25) is 4.79 Å². The molecule has 1 aliphatic carbocycles. The van der Waals surface area contributed by atoms with Crippen LogP contribution in [0, 0.1) is 11.8 Å². The zero-order valence-electron chi connectivity index (χ0n) is 8.90. The molecular formula is C11H16N2OS. The van der Waals surface area contributed by atoms with Crippen molar-refractivity contribution in [3.8, 4) is 0 Å². The molecule has 1 aromatic rings. The minimum atomic E-state index is 0.122. The number of amides is 1. The fraction of sp³-hybridized carbons (Fsp3) is 0.636. The first kappa shape index (κ1) is 10.6. The van der Waals surface area contributed by atoms with Crippen LogP contribution in [0.15, 0.2) is 11.6 Å². The van der Waals surface area contributed by atoms with Gasteiger partial charge in [-0.05, 0) is 18.8 Å². The number of carbonyl (C=O) groups excluding carboxylic acids is 1. The number of nitrogens with one attached hydrogen (secondary N) is 1. The molecule has 1 N–H and O–H groups in total. The highest BCUT2D eigenvalue weighted by Gasteiger charge is 2.26. The van der Waals surface area contributed by atoms with Gasteiger partial charge in [0.05, 0.1) is 0 Å². The van der Waals surface area contributed by atoms with Crippen LogP contribution in [0.2, 0.25) is 0 Å². The van der Waals surface area contributed by atoms with Crippen LogP contribution in [0.5, 0.6) is 0 Å². The Balaban J connectivity index is 1.89. The third-order valence-electron chi connectivity index (χ3n) is 3.18. The van der Waals surface area contributed by atoms with Gasteiger partial charge in [0.15, 0.2) is 5.13 Å². The fourth-order valence-electron chi connectivity index (χ4n) is 2.18. The van der Waals surface area contributed by atoms with E-state index in [-0.39, 0.29) is 11.8 Å². The van der Waals surface area contributed by atoms with Crippen molar-refractivity contribution in [2.45, 2.75) is 32.6 Å². The van der Waals surface area contributed by atoms with E-state index >= 15 is 0 Å². The van der Waals surface area contributed by atoms with Gasteiger partial charge >= 0.3 is 0 Å². The van der Waals surface area contributed by atoms with E-state index in [4.69, 9.17) is 0 Å². The van der Waals surface area contributed by atoms with Crippen molar-refractivity contribution < 1.29 is 4.79 Å². The van der Waals surface area contributed by atoms with Gasteiger partial charge in [-0.15, -0.1) is 11.3 Å². The van der Waals surface area contributed by atoms with Gasteiger partial charge in [0.1, 0.15) is 0 Å². The van der Waals surface area contributed by atoms with Crippen molar-refractivity contribution in [3.05, 3.63) is 11.6 Å². The molecule has 1 saturated carbocycles. The maximum Gasteiger partial charge on any atom is 0.229 e. The van der Waals surface area contributed by atoms with Crippen molar-refractivity contribution in [2.75, 3.05) is 5.32 Å². The summed E-state index contributed by atoms with van der Waals surface area (Å²) >= 11 is 1.47. The Morgan fingerprint density at radius 3 is 2.93 bits per heavy atom. The van der Waals surface area contributed by atoms with Crippen molar-refractivity contribution in [1.29, 1.82) is 0 Å². The van der Waals surface area contributed by atoms with E-state index in [0.717, 1.165) is 0 Å². The van der Waals surface area contributed by atoms with Gasteiger partial charge < -0.3 is 5.32 Å². The van der Waals surface area contributed by atoms with Crippen molar-refractivity contribution in [2.24, 2.45) is 11.8 Å². The second kappa shape index (κ2) is 4.75. The third-order valence-corrected chi connectivity index (χ3v) is 3.87. The second-order valence-electron chi connectivity index (χ2n) is 4.16. The molecule has 0 aliphatic heterocycles. The lowest BCUT2D eigenvalue weighted by Gasteiger charge is -2.17. The molecule has 15 heavy (non-hydrogen) atoms. The summed E-state index contributed by atoms with van der Waals surface area (Å²) in [5.74, 6) is 0.818. The summed E-state index contributed by atoms with van der Waals surface area (Å²) in [4.78, 5) is 15.9. The monoisotopic (exact) mass is 224 g/mol. The molecule has 82 valence electrons. The summed E-state index contributed by atoms with van der Waals surface area (Å²) in [7, 11) is 0. The van der Waals surface area contributed by atoms with Crippen LogP contribution < -0.4 is 5.32 Å². The highest BCUT2D eigenvalue weighted by molar-refractivity contribution is 7.13. The summed E-state index contributed by atoms with van der Waals surface area (Å²) in [6.45, 7) is 2.03. The number of anilines is 1. The summed E-state index contributed by atoms with van der Waals surface area (Å²) < 4.78 is 0. The molecule has 0 radical (unpaired) electrons. The highest BCUT2D eigenvalue weighted by Crippen LogP contribution is 2.31. The van der Waals surface area contributed by atoms with E-state index < -0.39 is 0 Å². The highest BCUT2D eigenvalue weighted by atomic mass is 32.1. The normalized spacial score (nSPS) is 19.0. The summed E-state index contributed by atoms with van der Waals surface area (Å²) in [6.07, 6.45) is 6.67. The average molecular weight is 224 g/mol. The van der Waals surface area contributed by atoms with Gasteiger partial charge in [0.25, 0.3) is 0 Å². The Labute approximate surface area is 93.9 Å². The SMILES string of the molecule is CC(C(=O)Nc1nccs1)C1CCCC1. The minimum Gasteiger partial charge on any atom is -0.302 e. The predicted octanol–water partition coefficient (Wildman–Crippen LogP) is 2.91. The van der Waals surface area contributed by atoms with Crippen LogP contribution >= 0.6 is 11.3 Å². The first-order valence-corrected chi connectivity index (χ1v) is 6.35. The maximum atomic E-state index is 11.9. The molecule has 0 spiro atoms. The van der Waals surface area contributed by atoms with Crippen LogP contribution in [-0.2, 0) is 4.79 Å². The lowest BCUT2D eigenvalue weighted by molar-refractivity contribution is -0.120. The molecule has 2 rings (SSSR count). The summed E-state index contributed by atoms with van der Waals surface area (Å²) in [5, 5.41) is 5.45. The molecule has 1 aliphatic rings. The van der Waals surface area contributed by atoms with Crippen LogP contribution in [0.3, 0.4) is 0 Å². The van der Waals surface area contributed by atoms with E-state index in [1.54, 1.807) is 6.20 Å². The Kier molecular flexibility index (Phi) is 3.36. The molecule has 1 aromatic heterocycles. The molecule has 0 bridgehead atoms. The Morgan fingerprint density at radius 2 is 2.33 bits per heavy atom. The Morgan fingerprint density at radius 1 is 1.60 bits per heavy atom. The largest absolute Gasteiger partial charge is 0.302 e. The third kappa shape index (κ3) is 2.56. The molecule has 1 atom stereocenters. The van der Waals surface area contributed by atoms with E-state index in [1.165, 1.54) is 37.0 Å². The van der Waals surface area contributed by atoms with Gasteiger partial charge in [0.2, 0.25) is 5.91 Å². The zero-order valence-corrected chi connectivity index (χ0v) is 9.72. The van der Waals surface area contributed by atoms with E-state index in [2.05, 4.69) is 10.3 Å². The lowest BCUT2D eigenvalue weighted by Crippen LogP contribution is -2.25. The number of carbonyl (C=O) groups is 1. The van der Waals surface area contributed by atoms with E-state index in [1.807, 2.05) is 12.3 Å². The van der Waals surface area contributed by atoms with E-state index in [0.29, 0.717) is 11.0 Å². The van der Waals surface area contributed by atoms with E-state index in [9.17, 15) is 4.79 Å². The van der Waals surface area contributed by atoms with Gasteiger partial charge in [0, 0.05) is 17.5 Å². The van der Waals surface area contributed by atoms with Crippen LogP contribution in [0.4, 0.5) is 5.13 Å². The topological polar surface area (TPSA) is 42.0 Å². The molecule has 1 unspecified atom stereocenters. The van der Waals surface area contributed by atoms with Crippen LogP contribution in [0.1, 0.15) is 32.6 Å². The number of rotatable bonds is 3. The average Bonchev–Trinajstić information content (AvgIpc) is 2.88. The Hall–Kier alpha value is -0.900. The van der Waals surface area contributed by atoms with Crippen molar-refractivity contribution in [1.82, 2.24) is 4.98 Å². The maximum absolute atomic E-state index is 11.9. The van der Waals surface area contributed by atoms with Crippen molar-refractivity contribution >= 4 is 22.4 Å². The fourth-order valence-corrected chi connectivity index (χ4v) is 2.71. The van der Waals surface area contributed by atoms with Crippen LogP contribution in [-0.4, -0.2) is 10.9 Å². The number of hydrogen-bond acceptors (Lipinski definition) is 3. The molecular weight excluding hydrogens is 208 g/mol. The van der Waals surface area contributed by atoms with Crippen molar-refractivity contribution in [3.63, 3.8) is 0 Å². The standard InChI is InChI=1S/C11H16N2OS/c1-8(9-4-2-3-5-9)10(14)13-11-12-6-7-15-11/h6-9H,2-5H2,1H3,(H,12,13,14). The zero-order chi connectivity index (χ0) is 10.7. The predicted molar refractivity (Wildman–Crippen MR) is 61.9 cm³/mol. The number of nitrogens with zero attached hydrogens (tertiary/aromatic N) is 1.